The van der Waals surface area contributed by atoms with E-state index < -0.39 is 5.60 Å². The lowest BCUT2D eigenvalue weighted by Crippen LogP contribution is -2.54. The molecule has 2 heterocycles. The van der Waals surface area contributed by atoms with Gasteiger partial charge in [0.1, 0.15) is 5.60 Å². The molecule has 2 fully saturated rings. The van der Waals surface area contributed by atoms with E-state index in [0.29, 0.717) is 13.2 Å². The molecule has 2 aliphatic rings. The maximum absolute atomic E-state index is 9.21. The molecule has 1 N–H and O–H groups in total. The van der Waals surface area contributed by atoms with Crippen molar-refractivity contribution in [2.45, 2.75) is 63.3 Å². The van der Waals surface area contributed by atoms with E-state index in [0.717, 1.165) is 39.1 Å². The summed E-state index contributed by atoms with van der Waals surface area (Å²) in [7, 11) is 0. The van der Waals surface area contributed by atoms with Crippen molar-refractivity contribution in [1.82, 2.24) is 0 Å². The molecule has 5 nitrogen and oxygen atoms in total. The lowest BCUT2D eigenvalue weighted by molar-refractivity contribution is -0.225. The molecule has 1 atom stereocenters. The first-order valence-corrected chi connectivity index (χ1v) is 8.40. The second-order valence-corrected chi connectivity index (χ2v) is 6.12. The van der Waals surface area contributed by atoms with Gasteiger partial charge in [-0.3, -0.25) is 0 Å². The molecule has 0 aliphatic carbocycles. The van der Waals surface area contributed by atoms with Crippen molar-refractivity contribution in [3.05, 3.63) is 0 Å². The largest absolute Gasteiger partial charge is 0.393 e. The van der Waals surface area contributed by atoms with Gasteiger partial charge in [-0.25, -0.2) is 0 Å². The maximum Gasteiger partial charge on any atom is 0.157 e. The van der Waals surface area contributed by atoms with Crippen LogP contribution in [0, 0.1) is 0 Å². The molecule has 0 aromatic heterocycles. The third-order valence-electron chi connectivity index (χ3n) is 4.16. The summed E-state index contributed by atoms with van der Waals surface area (Å²) in [6.45, 7) is 3.51. The lowest BCUT2D eigenvalue weighted by atomic mass is 10.0. The molecule has 5 heteroatoms. The average Bonchev–Trinajstić information content (AvgIpc) is 2.49. The van der Waals surface area contributed by atoms with Crippen molar-refractivity contribution < 1.29 is 24.1 Å². The summed E-state index contributed by atoms with van der Waals surface area (Å²) >= 11 is 0. The fourth-order valence-corrected chi connectivity index (χ4v) is 2.63. The standard InChI is InChI=1S/C16H30O5/c17-12-16(13-18-14-16)21-11-6-3-1-2-5-9-19-15-8-4-7-10-20-15/h15,17H,1-14H2. The first kappa shape index (κ1) is 17.2. The Balaban J connectivity index is 1.33. The van der Waals surface area contributed by atoms with E-state index in [9.17, 15) is 5.11 Å². The number of hydrogen-bond donors (Lipinski definition) is 1. The molecule has 0 saturated carbocycles. The van der Waals surface area contributed by atoms with E-state index in [4.69, 9.17) is 18.9 Å². The number of aliphatic hydroxyl groups excluding tert-OH is 1. The van der Waals surface area contributed by atoms with Crippen LogP contribution in [0.5, 0.6) is 0 Å². The van der Waals surface area contributed by atoms with Gasteiger partial charge in [0.15, 0.2) is 6.29 Å². The van der Waals surface area contributed by atoms with Crippen molar-refractivity contribution in [2.24, 2.45) is 0 Å². The molecular weight excluding hydrogens is 272 g/mol. The molecule has 0 bridgehead atoms. The van der Waals surface area contributed by atoms with Gasteiger partial charge in [0.25, 0.3) is 0 Å². The molecule has 21 heavy (non-hydrogen) atoms. The SMILES string of the molecule is OCC1(OCCCCCCCOC2CCCCO2)COC1. The summed E-state index contributed by atoms with van der Waals surface area (Å²) < 4.78 is 22.0. The molecule has 0 radical (unpaired) electrons. The van der Waals surface area contributed by atoms with Crippen molar-refractivity contribution in [1.29, 1.82) is 0 Å². The summed E-state index contributed by atoms with van der Waals surface area (Å²) in [6.07, 6.45) is 9.23. The first-order chi connectivity index (χ1) is 10.3. The molecule has 2 saturated heterocycles. The lowest BCUT2D eigenvalue weighted by Gasteiger charge is -2.39. The molecule has 0 amide bonds. The summed E-state index contributed by atoms with van der Waals surface area (Å²) in [5.74, 6) is 0. The zero-order valence-corrected chi connectivity index (χ0v) is 13.1. The number of aliphatic hydroxyl groups is 1. The number of unbranched alkanes of at least 4 members (excludes halogenated alkanes) is 4. The summed E-state index contributed by atoms with van der Waals surface area (Å²) in [6, 6.07) is 0. The second kappa shape index (κ2) is 9.74. The zero-order valence-electron chi connectivity index (χ0n) is 13.1. The van der Waals surface area contributed by atoms with Gasteiger partial charge in [0.05, 0.1) is 19.8 Å². The predicted molar refractivity (Wildman–Crippen MR) is 79.2 cm³/mol. The third-order valence-corrected chi connectivity index (χ3v) is 4.16. The molecule has 0 spiro atoms. The van der Waals surface area contributed by atoms with Crippen molar-refractivity contribution >= 4 is 0 Å². The zero-order chi connectivity index (χ0) is 14.8. The van der Waals surface area contributed by atoms with Crippen LogP contribution < -0.4 is 0 Å². The Kier molecular flexibility index (Phi) is 7.96. The van der Waals surface area contributed by atoms with Crippen molar-refractivity contribution in [3.8, 4) is 0 Å². The molecule has 0 aromatic rings. The van der Waals surface area contributed by atoms with Gasteiger partial charge in [-0.05, 0) is 32.1 Å². The van der Waals surface area contributed by atoms with E-state index in [1.165, 1.54) is 32.1 Å². The van der Waals surface area contributed by atoms with Crippen LogP contribution in [0.25, 0.3) is 0 Å². The quantitative estimate of drug-likeness (QED) is 0.593. The van der Waals surface area contributed by atoms with Crippen LogP contribution in [0.3, 0.4) is 0 Å². The molecule has 2 rings (SSSR count). The topological polar surface area (TPSA) is 57.2 Å². The van der Waals surface area contributed by atoms with Crippen LogP contribution in [0.15, 0.2) is 0 Å². The van der Waals surface area contributed by atoms with E-state index in [2.05, 4.69) is 0 Å². The number of hydrogen-bond acceptors (Lipinski definition) is 5. The molecule has 124 valence electrons. The Morgan fingerprint density at radius 3 is 2.38 bits per heavy atom. The normalized spacial score (nSPS) is 24.7. The highest BCUT2D eigenvalue weighted by Gasteiger charge is 2.38. The van der Waals surface area contributed by atoms with Crippen molar-refractivity contribution in [2.75, 3.05) is 39.6 Å². The highest BCUT2D eigenvalue weighted by molar-refractivity contribution is 4.86. The van der Waals surface area contributed by atoms with Gasteiger partial charge in [-0.1, -0.05) is 19.3 Å². The minimum Gasteiger partial charge on any atom is -0.393 e. The molecule has 2 aliphatic heterocycles. The van der Waals surface area contributed by atoms with Gasteiger partial charge in [-0.2, -0.15) is 0 Å². The fourth-order valence-electron chi connectivity index (χ4n) is 2.63. The highest BCUT2D eigenvalue weighted by atomic mass is 16.7. The van der Waals surface area contributed by atoms with Crippen molar-refractivity contribution in [3.63, 3.8) is 0 Å². The van der Waals surface area contributed by atoms with Gasteiger partial charge in [-0.15, -0.1) is 0 Å². The van der Waals surface area contributed by atoms with Gasteiger partial charge >= 0.3 is 0 Å². The molecule has 0 aromatic carbocycles. The third kappa shape index (κ3) is 6.20. The Morgan fingerprint density at radius 2 is 1.76 bits per heavy atom. The summed E-state index contributed by atoms with van der Waals surface area (Å²) in [4.78, 5) is 0. The van der Waals surface area contributed by atoms with E-state index >= 15 is 0 Å². The smallest absolute Gasteiger partial charge is 0.157 e. The summed E-state index contributed by atoms with van der Waals surface area (Å²) in [5, 5.41) is 9.21. The first-order valence-electron chi connectivity index (χ1n) is 8.40. The number of ether oxygens (including phenoxy) is 4. The minimum atomic E-state index is -0.395. The summed E-state index contributed by atoms with van der Waals surface area (Å²) in [5.41, 5.74) is -0.395. The fraction of sp³-hybridized carbons (Fsp3) is 1.00. The van der Waals surface area contributed by atoms with Gasteiger partial charge < -0.3 is 24.1 Å². The van der Waals surface area contributed by atoms with Crippen LogP contribution >= 0.6 is 0 Å². The Bertz CT molecular complexity index is 256. The van der Waals surface area contributed by atoms with Crippen LogP contribution in [0.1, 0.15) is 51.4 Å². The molecular formula is C16H30O5. The minimum absolute atomic E-state index is 0.0477. The van der Waals surface area contributed by atoms with Gasteiger partial charge in [0, 0.05) is 19.8 Å². The second-order valence-electron chi connectivity index (χ2n) is 6.12. The van der Waals surface area contributed by atoms with Crippen LogP contribution in [-0.4, -0.2) is 56.6 Å². The predicted octanol–water partition coefficient (Wildman–Crippen LogP) is 2.26. The average molecular weight is 302 g/mol. The Hall–Kier alpha value is -0.200. The van der Waals surface area contributed by atoms with E-state index in [1.807, 2.05) is 0 Å². The Morgan fingerprint density at radius 1 is 1.00 bits per heavy atom. The van der Waals surface area contributed by atoms with Gasteiger partial charge in [0.2, 0.25) is 0 Å². The number of rotatable bonds is 11. The van der Waals surface area contributed by atoms with Crippen LogP contribution in [0.4, 0.5) is 0 Å². The molecule has 1 unspecified atom stereocenters. The highest BCUT2D eigenvalue weighted by Crippen LogP contribution is 2.21. The van der Waals surface area contributed by atoms with E-state index in [1.54, 1.807) is 0 Å². The maximum atomic E-state index is 9.21. The van der Waals surface area contributed by atoms with E-state index in [-0.39, 0.29) is 12.9 Å². The van der Waals surface area contributed by atoms with Crippen LogP contribution in [0.2, 0.25) is 0 Å². The van der Waals surface area contributed by atoms with Crippen LogP contribution in [-0.2, 0) is 18.9 Å². The monoisotopic (exact) mass is 302 g/mol. The Labute approximate surface area is 127 Å².